The third kappa shape index (κ3) is 2.84. The fourth-order valence-electron chi connectivity index (χ4n) is 2.86. The van der Waals surface area contributed by atoms with E-state index < -0.39 is 0 Å². The van der Waals surface area contributed by atoms with Gasteiger partial charge < -0.3 is 14.8 Å². The monoisotopic (exact) mass is 326 g/mol. The van der Waals surface area contributed by atoms with Gasteiger partial charge in [0.25, 0.3) is 5.91 Å². The van der Waals surface area contributed by atoms with Crippen LogP contribution in [-0.2, 0) is 13.6 Å². The summed E-state index contributed by atoms with van der Waals surface area (Å²) in [6.45, 7) is 6.38. The predicted octanol–water partition coefficient (Wildman–Crippen LogP) is 1.84. The van der Waals surface area contributed by atoms with Crippen LogP contribution in [0.15, 0.2) is 36.9 Å². The van der Waals surface area contributed by atoms with Crippen molar-refractivity contribution in [2.75, 3.05) is 18.0 Å². The number of imidazole rings is 1. The summed E-state index contributed by atoms with van der Waals surface area (Å²) in [7, 11) is 1.90. The summed E-state index contributed by atoms with van der Waals surface area (Å²) in [5, 5.41) is 7.18. The molecule has 0 saturated heterocycles. The zero-order valence-corrected chi connectivity index (χ0v) is 14.2. The van der Waals surface area contributed by atoms with Gasteiger partial charge in [0.1, 0.15) is 17.0 Å². The van der Waals surface area contributed by atoms with Crippen LogP contribution in [0.2, 0.25) is 0 Å². The number of amides is 1. The van der Waals surface area contributed by atoms with Crippen molar-refractivity contribution in [1.29, 1.82) is 0 Å². The largest absolute Gasteiger partial charge is 0.357 e. The van der Waals surface area contributed by atoms with E-state index in [2.05, 4.69) is 34.1 Å². The Labute approximate surface area is 140 Å². The van der Waals surface area contributed by atoms with E-state index in [-0.39, 0.29) is 5.91 Å². The van der Waals surface area contributed by atoms with Gasteiger partial charge in [-0.3, -0.25) is 4.79 Å². The molecule has 3 aromatic heterocycles. The summed E-state index contributed by atoms with van der Waals surface area (Å²) in [6.07, 6.45) is 7.08. The van der Waals surface area contributed by atoms with E-state index in [1.807, 2.05) is 36.1 Å². The standard InChI is InChI=1S/C17H22N6O/c1-4-22(5-2)15-13(7-6-8-18-15)11-19-16(24)14-12-20-23-10-9-21(3)17(14)23/h6-10,12H,4-5,11H2,1-3H3,(H,19,24). The second-order valence-electron chi connectivity index (χ2n) is 5.58. The highest BCUT2D eigenvalue weighted by Gasteiger charge is 2.16. The van der Waals surface area contributed by atoms with E-state index in [0.717, 1.165) is 30.1 Å². The molecule has 0 aliphatic heterocycles. The van der Waals surface area contributed by atoms with Crippen molar-refractivity contribution in [2.45, 2.75) is 20.4 Å². The number of aromatic nitrogens is 4. The molecular formula is C17H22N6O. The Morgan fingerprint density at radius 3 is 2.83 bits per heavy atom. The van der Waals surface area contributed by atoms with Crippen molar-refractivity contribution in [3.05, 3.63) is 48.0 Å². The predicted molar refractivity (Wildman–Crippen MR) is 93.1 cm³/mol. The van der Waals surface area contributed by atoms with Gasteiger partial charge in [-0.2, -0.15) is 5.10 Å². The Balaban J connectivity index is 1.79. The highest BCUT2D eigenvalue weighted by atomic mass is 16.1. The molecule has 0 aromatic carbocycles. The van der Waals surface area contributed by atoms with Crippen LogP contribution in [0.5, 0.6) is 0 Å². The third-order valence-electron chi connectivity index (χ3n) is 4.15. The number of rotatable bonds is 6. The molecule has 7 heteroatoms. The molecule has 0 bridgehead atoms. The molecule has 0 fully saturated rings. The molecule has 126 valence electrons. The lowest BCUT2D eigenvalue weighted by molar-refractivity contribution is 0.0952. The van der Waals surface area contributed by atoms with E-state index in [9.17, 15) is 4.79 Å². The minimum atomic E-state index is -0.138. The zero-order chi connectivity index (χ0) is 17.1. The van der Waals surface area contributed by atoms with Gasteiger partial charge in [-0.15, -0.1) is 0 Å². The number of aryl methyl sites for hydroxylation is 1. The van der Waals surface area contributed by atoms with Crippen molar-refractivity contribution in [1.82, 2.24) is 24.5 Å². The van der Waals surface area contributed by atoms with Gasteiger partial charge >= 0.3 is 0 Å². The van der Waals surface area contributed by atoms with Crippen molar-refractivity contribution in [2.24, 2.45) is 7.05 Å². The second kappa shape index (κ2) is 6.74. The van der Waals surface area contributed by atoms with Crippen LogP contribution in [0.3, 0.4) is 0 Å². The van der Waals surface area contributed by atoms with Crippen LogP contribution in [0.4, 0.5) is 5.82 Å². The molecule has 0 radical (unpaired) electrons. The maximum Gasteiger partial charge on any atom is 0.256 e. The Morgan fingerprint density at radius 1 is 1.29 bits per heavy atom. The minimum absolute atomic E-state index is 0.138. The number of pyridine rings is 1. The van der Waals surface area contributed by atoms with Gasteiger partial charge in [0, 0.05) is 50.8 Å². The fraction of sp³-hybridized carbons (Fsp3) is 0.353. The number of hydrogen-bond acceptors (Lipinski definition) is 4. The van der Waals surface area contributed by atoms with Gasteiger partial charge in [-0.05, 0) is 19.9 Å². The highest BCUT2D eigenvalue weighted by molar-refractivity contribution is 5.99. The summed E-state index contributed by atoms with van der Waals surface area (Å²) in [6, 6.07) is 3.89. The first-order chi connectivity index (χ1) is 11.7. The number of carbonyl (C=O) groups is 1. The van der Waals surface area contributed by atoms with Crippen molar-refractivity contribution >= 4 is 17.4 Å². The molecule has 0 unspecified atom stereocenters. The fourth-order valence-corrected chi connectivity index (χ4v) is 2.86. The quantitative estimate of drug-likeness (QED) is 0.750. The average Bonchev–Trinajstić information content (AvgIpc) is 3.18. The maximum atomic E-state index is 12.6. The molecule has 3 rings (SSSR count). The Kier molecular flexibility index (Phi) is 4.50. The summed E-state index contributed by atoms with van der Waals surface area (Å²) in [5.74, 6) is 0.781. The second-order valence-corrected chi connectivity index (χ2v) is 5.58. The molecule has 0 saturated carbocycles. The molecule has 24 heavy (non-hydrogen) atoms. The molecular weight excluding hydrogens is 304 g/mol. The summed E-state index contributed by atoms with van der Waals surface area (Å²) in [5.41, 5.74) is 2.35. The Morgan fingerprint density at radius 2 is 2.08 bits per heavy atom. The minimum Gasteiger partial charge on any atom is -0.357 e. The first-order valence-electron chi connectivity index (χ1n) is 8.11. The van der Waals surface area contributed by atoms with Gasteiger partial charge in [0.15, 0.2) is 0 Å². The van der Waals surface area contributed by atoms with Gasteiger partial charge in [0.05, 0.1) is 6.20 Å². The van der Waals surface area contributed by atoms with E-state index in [1.165, 1.54) is 0 Å². The van der Waals surface area contributed by atoms with Crippen LogP contribution in [0.1, 0.15) is 29.8 Å². The van der Waals surface area contributed by atoms with Gasteiger partial charge in [-0.25, -0.2) is 9.50 Å². The van der Waals surface area contributed by atoms with E-state index in [1.54, 1.807) is 16.9 Å². The Bertz CT molecular complexity index is 846. The third-order valence-corrected chi connectivity index (χ3v) is 4.15. The molecule has 0 atom stereocenters. The summed E-state index contributed by atoms with van der Waals surface area (Å²) < 4.78 is 3.58. The zero-order valence-electron chi connectivity index (χ0n) is 14.2. The highest BCUT2D eigenvalue weighted by Crippen LogP contribution is 2.17. The van der Waals surface area contributed by atoms with Crippen molar-refractivity contribution in [3.8, 4) is 0 Å². The van der Waals surface area contributed by atoms with Crippen LogP contribution in [0, 0.1) is 0 Å². The van der Waals surface area contributed by atoms with Gasteiger partial charge in [0.2, 0.25) is 0 Å². The molecule has 0 aliphatic carbocycles. The van der Waals surface area contributed by atoms with Crippen LogP contribution < -0.4 is 10.2 Å². The summed E-state index contributed by atoms with van der Waals surface area (Å²) >= 11 is 0. The topological polar surface area (TPSA) is 67.5 Å². The SMILES string of the molecule is CCN(CC)c1ncccc1CNC(=O)c1cnn2ccn(C)c12. The van der Waals surface area contributed by atoms with Crippen LogP contribution in [-0.4, -0.2) is 38.2 Å². The lowest BCUT2D eigenvalue weighted by Crippen LogP contribution is -2.28. The molecule has 0 aliphatic rings. The smallest absolute Gasteiger partial charge is 0.256 e. The maximum absolute atomic E-state index is 12.6. The number of carbonyl (C=O) groups excluding carboxylic acids is 1. The van der Waals surface area contributed by atoms with Crippen LogP contribution in [0.25, 0.3) is 5.65 Å². The number of fused-ring (bicyclic) bond motifs is 1. The molecule has 1 amide bonds. The first-order valence-corrected chi connectivity index (χ1v) is 8.11. The normalized spacial score (nSPS) is 11.0. The molecule has 3 heterocycles. The van der Waals surface area contributed by atoms with E-state index in [4.69, 9.17) is 0 Å². The van der Waals surface area contributed by atoms with E-state index >= 15 is 0 Å². The lowest BCUT2D eigenvalue weighted by Gasteiger charge is -2.22. The van der Waals surface area contributed by atoms with Crippen LogP contribution >= 0.6 is 0 Å². The molecule has 3 aromatic rings. The molecule has 7 nitrogen and oxygen atoms in total. The number of nitrogens with one attached hydrogen (secondary N) is 1. The Hall–Kier alpha value is -2.83. The lowest BCUT2D eigenvalue weighted by atomic mass is 10.2. The van der Waals surface area contributed by atoms with E-state index in [0.29, 0.717) is 12.1 Å². The molecule has 1 N–H and O–H groups in total. The number of nitrogens with zero attached hydrogens (tertiary/aromatic N) is 5. The average molecular weight is 326 g/mol. The van der Waals surface area contributed by atoms with Crippen molar-refractivity contribution in [3.63, 3.8) is 0 Å². The van der Waals surface area contributed by atoms with Gasteiger partial charge in [-0.1, -0.05) is 6.07 Å². The summed E-state index contributed by atoms with van der Waals surface area (Å²) in [4.78, 5) is 19.2. The molecule has 0 spiro atoms. The first kappa shape index (κ1) is 16.0. The number of hydrogen-bond donors (Lipinski definition) is 1. The van der Waals surface area contributed by atoms with Crippen molar-refractivity contribution < 1.29 is 4.79 Å². The number of anilines is 1.